The summed E-state index contributed by atoms with van der Waals surface area (Å²) < 4.78 is 41.4. The van der Waals surface area contributed by atoms with Gasteiger partial charge in [0.25, 0.3) is 5.91 Å². The summed E-state index contributed by atoms with van der Waals surface area (Å²) in [5.41, 5.74) is -0.855. The van der Waals surface area contributed by atoms with Crippen LogP contribution in [0.15, 0.2) is 49.1 Å². The topological polar surface area (TPSA) is 64.7 Å². The molecular formula is C18H17ClF3N5O. The molecular weight excluding hydrogens is 395 g/mol. The van der Waals surface area contributed by atoms with Crippen LogP contribution in [0.25, 0.3) is 0 Å². The summed E-state index contributed by atoms with van der Waals surface area (Å²) in [7, 11) is 0. The highest BCUT2D eigenvalue weighted by Gasteiger charge is 2.31. The summed E-state index contributed by atoms with van der Waals surface area (Å²) >= 11 is 5.85. The van der Waals surface area contributed by atoms with E-state index in [1.807, 2.05) is 0 Å². The molecule has 0 atom stereocenters. The van der Waals surface area contributed by atoms with Gasteiger partial charge in [-0.2, -0.15) is 23.4 Å². The molecule has 0 saturated heterocycles. The molecule has 10 heteroatoms. The maximum absolute atomic E-state index is 12.8. The van der Waals surface area contributed by atoms with Gasteiger partial charge in [0.1, 0.15) is 5.54 Å². The fourth-order valence-electron chi connectivity index (χ4n) is 2.54. The molecule has 0 fully saturated rings. The molecule has 2 aromatic heterocycles. The maximum atomic E-state index is 12.8. The van der Waals surface area contributed by atoms with Crippen LogP contribution in [0.4, 0.5) is 18.9 Å². The van der Waals surface area contributed by atoms with Gasteiger partial charge in [0, 0.05) is 12.4 Å². The first-order chi connectivity index (χ1) is 13.1. The van der Waals surface area contributed by atoms with Crippen molar-refractivity contribution in [3.8, 4) is 0 Å². The minimum absolute atomic E-state index is 0.137. The Morgan fingerprint density at radius 1 is 1.18 bits per heavy atom. The Morgan fingerprint density at radius 3 is 2.57 bits per heavy atom. The third-order valence-corrected chi connectivity index (χ3v) is 4.36. The first kappa shape index (κ1) is 19.9. The lowest BCUT2D eigenvalue weighted by Crippen LogP contribution is -2.40. The Balaban J connectivity index is 1.70. The van der Waals surface area contributed by atoms with Gasteiger partial charge in [-0.15, -0.1) is 0 Å². The average molecular weight is 412 g/mol. The van der Waals surface area contributed by atoms with Gasteiger partial charge in [-0.1, -0.05) is 23.7 Å². The van der Waals surface area contributed by atoms with Crippen molar-refractivity contribution in [1.29, 1.82) is 0 Å². The number of anilines is 1. The van der Waals surface area contributed by atoms with E-state index in [0.29, 0.717) is 16.3 Å². The lowest BCUT2D eigenvalue weighted by atomic mass is 10.1. The van der Waals surface area contributed by atoms with Crippen molar-refractivity contribution in [3.05, 3.63) is 65.2 Å². The summed E-state index contributed by atoms with van der Waals surface area (Å²) in [6.07, 6.45) is 1.55. The van der Waals surface area contributed by atoms with Crippen LogP contribution in [0.5, 0.6) is 0 Å². The Kier molecular flexibility index (Phi) is 5.20. The van der Waals surface area contributed by atoms with E-state index >= 15 is 0 Å². The monoisotopic (exact) mass is 411 g/mol. The minimum Gasteiger partial charge on any atom is -0.321 e. The van der Waals surface area contributed by atoms with Gasteiger partial charge in [-0.25, -0.2) is 0 Å². The highest BCUT2D eigenvalue weighted by atomic mass is 35.5. The van der Waals surface area contributed by atoms with Crippen LogP contribution in [0.1, 0.15) is 25.0 Å². The van der Waals surface area contributed by atoms with E-state index in [0.717, 1.165) is 12.1 Å². The quantitative estimate of drug-likeness (QED) is 0.685. The number of hydrogen-bond donors (Lipinski definition) is 1. The van der Waals surface area contributed by atoms with Crippen molar-refractivity contribution < 1.29 is 18.0 Å². The van der Waals surface area contributed by atoms with E-state index < -0.39 is 17.3 Å². The van der Waals surface area contributed by atoms with Crippen molar-refractivity contribution in [3.63, 3.8) is 0 Å². The molecule has 0 bridgehead atoms. The van der Waals surface area contributed by atoms with Gasteiger partial charge in [0.05, 0.1) is 35.2 Å². The standard InChI is InChI=1S/C18H17ClF3N5O/c1-17(2,27-10-14(19)7-24-27)16(28)25-15-8-23-26(11-15)9-12-4-3-5-13(6-12)18(20,21)22/h3-8,10-11H,9H2,1-2H3,(H,25,28). The number of alkyl halides is 3. The lowest BCUT2D eigenvalue weighted by Gasteiger charge is -2.23. The summed E-state index contributed by atoms with van der Waals surface area (Å²) in [4.78, 5) is 12.6. The van der Waals surface area contributed by atoms with E-state index in [4.69, 9.17) is 11.6 Å². The second-order valence-electron chi connectivity index (χ2n) is 6.74. The first-order valence-corrected chi connectivity index (χ1v) is 8.64. The zero-order valence-corrected chi connectivity index (χ0v) is 15.8. The van der Waals surface area contributed by atoms with E-state index in [1.54, 1.807) is 26.1 Å². The number of rotatable bonds is 5. The van der Waals surface area contributed by atoms with Crippen molar-refractivity contribution in [2.45, 2.75) is 32.1 Å². The first-order valence-electron chi connectivity index (χ1n) is 8.26. The number of benzene rings is 1. The molecule has 3 aromatic rings. The molecule has 3 rings (SSSR count). The van der Waals surface area contributed by atoms with Crippen LogP contribution in [0.3, 0.4) is 0 Å². The number of hydrogen-bond acceptors (Lipinski definition) is 3. The molecule has 1 aromatic carbocycles. The zero-order valence-electron chi connectivity index (χ0n) is 15.0. The molecule has 0 unspecified atom stereocenters. The smallest absolute Gasteiger partial charge is 0.321 e. The Hall–Kier alpha value is -2.81. The molecule has 0 radical (unpaired) electrons. The molecule has 0 spiro atoms. The minimum atomic E-state index is -4.40. The second-order valence-corrected chi connectivity index (χ2v) is 7.18. The zero-order chi connectivity index (χ0) is 20.5. The highest BCUT2D eigenvalue weighted by Crippen LogP contribution is 2.29. The molecule has 0 saturated carbocycles. The van der Waals surface area contributed by atoms with Crippen LogP contribution in [0, 0.1) is 0 Å². The van der Waals surface area contributed by atoms with E-state index in [-0.39, 0.29) is 12.5 Å². The van der Waals surface area contributed by atoms with Crippen molar-refractivity contribution in [2.24, 2.45) is 0 Å². The SMILES string of the molecule is CC(C)(C(=O)Nc1cnn(Cc2cccc(C(F)(F)F)c2)c1)n1cc(Cl)cn1. The van der Waals surface area contributed by atoms with Crippen LogP contribution < -0.4 is 5.32 Å². The van der Waals surface area contributed by atoms with Gasteiger partial charge in [0.15, 0.2) is 0 Å². The largest absolute Gasteiger partial charge is 0.416 e. The summed E-state index contributed by atoms with van der Waals surface area (Å²) in [6, 6.07) is 5.02. The molecule has 0 aliphatic carbocycles. The maximum Gasteiger partial charge on any atom is 0.416 e. The molecule has 0 aliphatic heterocycles. The molecule has 1 amide bonds. The molecule has 1 N–H and O–H groups in total. The Labute approximate surface area is 163 Å². The van der Waals surface area contributed by atoms with E-state index in [2.05, 4.69) is 15.5 Å². The van der Waals surface area contributed by atoms with Gasteiger partial charge < -0.3 is 5.32 Å². The normalized spacial score (nSPS) is 12.2. The number of halogens is 4. The predicted molar refractivity (Wildman–Crippen MR) is 98.0 cm³/mol. The second kappa shape index (κ2) is 7.31. The van der Waals surface area contributed by atoms with Gasteiger partial charge in [-0.3, -0.25) is 14.2 Å². The fourth-order valence-corrected chi connectivity index (χ4v) is 2.68. The van der Waals surface area contributed by atoms with Crippen LogP contribution >= 0.6 is 11.6 Å². The van der Waals surface area contributed by atoms with E-state index in [9.17, 15) is 18.0 Å². The van der Waals surface area contributed by atoms with Crippen LogP contribution in [-0.2, 0) is 23.1 Å². The van der Waals surface area contributed by atoms with Gasteiger partial charge >= 0.3 is 6.18 Å². The molecule has 148 valence electrons. The molecule has 28 heavy (non-hydrogen) atoms. The third-order valence-electron chi connectivity index (χ3n) is 4.17. The lowest BCUT2D eigenvalue weighted by molar-refractivity contribution is -0.137. The fraction of sp³-hybridized carbons (Fsp3) is 0.278. The molecule has 2 heterocycles. The Morgan fingerprint density at radius 2 is 1.93 bits per heavy atom. The summed E-state index contributed by atoms with van der Waals surface area (Å²) in [6.45, 7) is 3.50. The van der Waals surface area contributed by atoms with Crippen LogP contribution in [-0.4, -0.2) is 25.5 Å². The number of aromatic nitrogens is 4. The van der Waals surface area contributed by atoms with Crippen molar-refractivity contribution in [1.82, 2.24) is 19.6 Å². The van der Waals surface area contributed by atoms with Crippen LogP contribution in [0.2, 0.25) is 5.02 Å². The van der Waals surface area contributed by atoms with E-state index in [1.165, 1.54) is 34.0 Å². The van der Waals surface area contributed by atoms with Gasteiger partial charge in [-0.05, 0) is 31.5 Å². The third kappa shape index (κ3) is 4.36. The number of nitrogens with zero attached hydrogens (tertiary/aromatic N) is 4. The number of carbonyl (C=O) groups excluding carboxylic acids is 1. The highest BCUT2D eigenvalue weighted by molar-refractivity contribution is 6.30. The summed E-state index contributed by atoms with van der Waals surface area (Å²) in [5.74, 6) is -0.342. The van der Waals surface area contributed by atoms with Crippen molar-refractivity contribution in [2.75, 3.05) is 5.32 Å². The predicted octanol–water partition coefficient (Wildman–Crippen LogP) is 4.17. The molecule has 6 nitrogen and oxygen atoms in total. The number of amides is 1. The number of carbonyl (C=O) groups is 1. The Bertz CT molecular complexity index is 993. The number of nitrogens with one attached hydrogen (secondary N) is 1. The summed E-state index contributed by atoms with van der Waals surface area (Å²) in [5, 5.41) is 11.3. The van der Waals surface area contributed by atoms with Gasteiger partial charge in [0.2, 0.25) is 0 Å². The van der Waals surface area contributed by atoms with Crippen molar-refractivity contribution >= 4 is 23.2 Å². The molecule has 0 aliphatic rings. The average Bonchev–Trinajstić information content (AvgIpc) is 3.23.